The smallest absolute Gasteiger partial charge is 0.336 e. The van der Waals surface area contributed by atoms with Crippen molar-refractivity contribution < 1.29 is 9.90 Å². The fourth-order valence-corrected chi connectivity index (χ4v) is 2.32. The van der Waals surface area contributed by atoms with E-state index in [4.69, 9.17) is 0 Å². The minimum absolute atomic E-state index is 0.367. The molecular formula is C18H20O2. The summed E-state index contributed by atoms with van der Waals surface area (Å²) in [7, 11) is 0. The molecule has 0 aliphatic carbocycles. The summed E-state index contributed by atoms with van der Waals surface area (Å²) in [6, 6.07) is 13.8. The van der Waals surface area contributed by atoms with Gasteiger partial charge in [-0.2, -0.15) is 0 Å². The highest BCUT2D eigenvalue weighted by Gasteiger charge is 2.11. The van der Waals surface area contributed by atoms with Crippen molar-refractivity contribution >= 4 is 5.97 Å². The van der Waals surface area contributed by atoms with Gasteiger partial charge in [0.1, 0.15) is 0 Å². The molecule has 0 saturated carbocycles. The van der Waals surface area contributed by atoms with Crippen LogP contribution < -0.4 is 0 Å². The molecule has 2 aromatic carbocycles. The van der Waals surface area contributed by atoms with Gasteiger partial charge in [0.2, 0.25) is 0 Å². The Morgan fingerprint density at radius 1 is 1.10 bits per heavy atom. The predicted molar refractivity (Wildman–Crippen MR) is 82.2 cm³/mol. The van der Waals surface area contributed by atoms with Crippen LogP contribution in [0.15, 0.2) is 42.5 Å². The lowest BCUT2D eigenvalue weighted by molar-refractivity contribution is 0.0697. The first-order valence-corrected chi connectivity index (χ1v) is 7.05. The van der Waals surface area contributed by atoms with Gasteiger partial charge in [-0.3, -0.25) is 0 Å². The Morgan fingerprint density at radius 3 is 2.40 bits per heavy atom. The van der Waals surface area contributed by atoms with E-state index >= 15 is 0 Å². The van der Waals surface area contributed by atoms with Gasteiger partial charge in [-0.15, -0.1) is 0 Å². The second kappa shape index (κ2) is 6.38. The minimum Gasteiger partial charge on any atom is -0.478 e. The van der Waals surface area contributed by atoms with E-state index in [1.54, 1.807) is 6.07 Å². The summed E-state index contributed by atoms with van der Waals surface area (Å²) >= 11 is 0. The molecule has 104 valence electrons. The highest BCUT2D eigenvalue weighted by Crippen LogP contribution is 2.25. The summed E-state index contributed by atoms with van der Waals surface area (Å²) in [6.45, 7) is 4.09. The molecule has 0 atom stereocenters. The van der Waals surface area contributed by atoms with E-state index in [1.165, 1.54) is 18.4 Å². The van der Waals surface area contributed by atoms with Crippen LogP contribution in [-0.2, 0) is 6.42 Å². The molecule has 0 saturated heterocycles. The number of aryl methyl sites for hydroxylation is 2. The van der Waals surface area contributed by atoms with Gasteiger partial charge in [0.15, 0.2) is 0 Å². The maximum absolute atomic E-state index is 11.4. The third kappa shape index (κ3) is 3.27. The summed E-state index contributed by atoms with van der Waals surface area (Å²) in [6.07, 6.45) is 3.45. The van der Waals surface area contributed by atoms with Crippen LogP contribution in [0.2, 0.25) is 0 Å². The average molecular weight is 268 g/mol. The standard InChI is InChI=1S/C18H20O2/c1-3-4-5-14-7-9-15(10-8-14)16-11-6-13(2)12-17(16)18(19)20/h6-12H,3-5H2,1-2H3,(H,19,20). The summed E-state index contributed by atoms with van der Waals surface area (Å²) in [5.74, 6) is -0.876. The van der Waals surface area contributed by atoms with Crippen LogP contribution in [0.25, 0.3) is 11.1 Å². The number of aromatic carboxylic acids is 1. The molecule has 0 fully saturated rings. The SMILES string of the molecule is CCCCc1ccc(-c2ccc(C)cc2C(=O)O)cc1. The van der Waals surface area contributed by atoms with E-state index in [-0.39, 0.29) is 0 Å². The first-order chi connectivity index (χ1) is 9.61. The number of hydrogen-bond acceptors (Lipinski definition) is 1. The first kappa shape index (κ1) is 14.3. The molecule has 2 nitrogen and oxygen atoms in total. The molecule has 1 N–H and O–H groups in total. The van der Waals surface area contributed by atoms with E-state index in [2.05, 4.69) is 19.1 Å². The Morgan fingerprint density at radius 2 is 1.80 bits per heavy atom. The summed E-state index contributed by atoms with van der Waals surface area (Å²) in [5.41, 5.74) is 4.38. The Hall–Kier alpha value is -2.09. The highest BCUT2D eigenvalue weighted by molar-refractivity contribution is 5.96. The van der Waals surface area contributed by atoms with Gasteiger partial charge in [0.05, 0.1) is 5.56 Å². The Balaban J connectivity index is 2.34. The van der Waals surface area contributed by atoms with E-state index < -0.39 is 5.97 Å². The Kier molecular flexibility index (Phi) is 4.57. The Bertz CT molecular complexity index is 597. The van der Waals surface area contributed by atoms with Crippen LogP contribution in [0.1, 0.15) is 41.3 Å². The van der Waals surface area contributed by atoms with Crippen LogP contribution in [0.4, 0.5) is 0 Å². The van der Waals surface area contributed by atoms with Crippen molar-refractivity contribution in [1.82, 2.24) is 0 Å². The summed E-state index contributed by atoms with van der Waals surface area (Å²) < 4.78 is 0. The van der Waals surface area contributed by atoms with Crippen LogP contribution in [0.3, 0.4) is 0 Å². The lowest BCUT2D eigenvalue weighted by Gasteiger charge is -2.08. The molecule has 2 aromatic rings. The topological polar surface area (TPSA) is 37.3 Å². The van der Waals surface area contributed by atoms with Crippen LogP contribution >= 0.6 is 0 Å². The molecule has 0 aliphatic heterocycles. The van der Waals surface area contributed by atoms with E-state index in [0.29, 0.717) is 5.56 Å². The van der Waals surface area contributed by atoms with Gasteiger partial charge in [0.25, 0.3) is 0 Å². The first-order valence-electron chi connectivity index (χ1n) is 7.05. The zero-order valence-corrected chi connectivity index (χ0v) is 12.0. The maximum Gasteiger partial charge on any atom is 0.336 e. The third-order valence-corrected chi connectivity index (χ3v) is 3.49. The number of rotatable bonds is 5. The third-order valence-electron chi connectivity index (χ3n) is 3.49. The van der Waals surface area contributed by atoms with Crippen LogP contribution in [0.5, 0.6) is 0 Å². The van der Waals surface area contributed by atoms with Crippen molar-refractivity contribution in [3.05, 3.63) is 59.2 Å². The summed E-state index contributed by atoms with van der Waals surface area (Å²) in [4.78, 5) is 11.4. The second-order valence-corrected chi connectivity index (χ2v) is 5.15. The molecule has 0 heterocycles. The van der Waals surface area contributed by atoms with Crippen LogP contribution in [0, 0.1) is 6.92 Å². The molecule has 2 rings (SSSR count). The molecular weight excluding hydrogens is 248 g/mol. The maximum atomic E-state index is 11.4. The van der Waals surface area contributed by atoms with Gasteiger partial charge >= 0.3 is 5.97 Å². The van der Waals surface area contributed by atoms with Crippen molar-refractivity contribution in [2.45, 2.75) is 33.1 Å². The van der Waals surface area contributed by atoms with Gasteiger partial charge < -0.3 is 5.11 Å². The molecule has 2 heteroatoms. The largest absolute Gasteiger partial charge is 0.478 e. The molecule has 0 bridgehead atoms. The lowest BCUT2D eigenvalue weighted by Crippen LogP contribution is -2.00. The molecule has 0 unspecified atom stereocenters. The van der Waals surface area contributed by atoms with Crippen LogP contribution in [-0.4, -0.2) is 11.1 Å². The minimum atomic E-state index is -0.876. The number of carboxylic acids is 1. The zero-order valence-electron chi connectivity index (χ0n) is 12.0. The molecule has 0 amide bonds. The van der Waals surface area contributed by atoms with Crippen molar-refractivity contribution in [1.29, 1.82) is 0 Å². The predicted octanol–water partition coefficient (Wildman–Crippen LogP) is 4.70. The van der Waals surface area contributed by atoms with Crippen molar-refractivity contribution in [2.75, 3.05) is 0 Å². The van der Waals surface area contributed by atoms with E-state index in [9.17, 15) is 9.90 Å². The molecule has 0 spiro atoms. The van der Waals surface area contributed by atoms with Crippen molar-refractivity contribution in [2.24, 2.45) is 0 Å². The average Bonchev–Trinajstić information content (AvgIpc) is 2.45. The summed E-state index contributed by atoms with van der Waals surface area (Å²) in [5, 5.41) is 9.32. The van der Waals surface area contributed by atoms with Gasteiger partial charge in [-0.05, 0) is 42.5 Å². The monoisotopic (exact) mass is 268 g/mol. The van der Waals surface area contributed by atoms with E-state index in [0.717, 1.165) is 23.1 Å². The van der Waals surface area contributed by atoms with Gasteiger partial charge in [0, 0.05) is 0 Å². The molecule has 0 radical (unpaired) electrons. The fraction of sp³-hybridized carbons (Fsp3) is 0.278. The van der Waals surface area contributed by atoms with Gasteiger partial charge in [-0.25, -0.2) is 4.79 Å². The van der Waals surface area contributed by atoms with E-state index in [1.807, 2.05) is 31.2 Å². The molecule has 20 heavy (non-hydrogen) atoms. The second-order valence-electron chi connectivity index (χ2n) is 5.15. The number of carbonyl (C=O) groups is 1. The number of hydrogen-bond donors (Lipinski definition) is 1. The lowest BCUT2D eigenvalue weighted by atomic mass is 9.96. The number of benzene rings is 2. The number of unbranched alkanes of at least 4 members (excludes halogenated alkanes) is 1. The normalized spacial score (nSPS) is 10.5. The molecule has 0 aliphatic rings. The van der Waals surface area contributed by atoms with Gasteiger partial charge in [-0.1, -0.05) is 55.3 Å². The van der Waals surface area contributed by atoms with Crippen molar-refractivity contribution in [3.8, 4) is 11.1 Å². The fourth-order valence-electron chi connectivity index (χ4n) is 2.32. The Labute approximate surface area is 120 Å². The highest BCUT2D eigenvalue weighted by atomic mass is 16.4. The number of carboxylic acid groups (broad SMARTS) is 1. The molecule has 0 aromatic heterocycles. The van der Waals surface area contributed by atoms with Crippen molar-refractivity contribution in [3.63, 3.8) is 0 Å². The quantitative estimate of drug-likeness (QED) is 0.853. The zero-order chi connectivity index (χ0) is 14.5.